The van der Waals surface area contributed by atoms with Crippen LogP contribution in [0.5, 0.6) is 0 Å². The van der Waals surface area contributed by atoms with E-state index in [1.807, 2.05) is 0 Å². The lowest BCUT2D eigenvalue weighted by Gasteiger charge is -2.39. The van der Waals surface area contributed by atoms with Crippen LogP contribution in [0.25, 0.3) is 0 Å². The van der Waals surface area contributed by atoms with Gasteiger partial charge in [-0.2, -0.15) is 0 Å². The van der Waals surface area contributed by atoms with E-state index in [2.05, 4.69) is 12.2 Å². The molecule has 1 aliphatic heterocycles. The molecule has 2 rings (SSSR count). The van der Waals surface area contributed by atoms with E-state index in [-0.39, 0.29) is 0 Å². The molecule has 0 spiro atoms. The first kappa shape index (κ1) is 7.56. The van der Waals surface area contributed by atoms with E-state index in [1.165, 1.54) is 25.8 Å². The molecule has 2 aliphatic rings. The highest BCUT2D eigenvalue weighted by atomic mass is 16.5. The lowest BCUT2D eigenvalue weighted by atomic mass is 10.0. The average molecular weight is 155 g/mol. The van der Waals surface area contributed by atoms with E-state index in [9.17, 15) is 0 Å². The topological polar surface area (TPSA) is 21.3 Å². The molecule has 0 radical (unpaired) electrons. The summed E-state index contributed by atoms with van der Waals surface area (Å²) < 4.78 is 5.15. The second kappa shape index (κ2) is 2.76. The van der Waals surface area contributed by atoms with Crippen molar-refractivity contribution in [2.75, 3.05) is 19.8 Å². The molecule has 2 heteroatoms. The smallest absolute Gasteiger partial charge is 0.0669 e. The minimum Gasteiger partial charge on any atom is -0.377 e. The first-order chi connectivity index (χ1) is 5.29. The molecule has 2 fully saturated rings. The molecule has 0 unspecified atom stereocenters. The van der Waals surface area contributed by atoms with Gasteiger partial charge < -0.3 is 10.1 Å². The Kier molecular flexibility index (Phi) is 1.90. The summed E-state index contributed by atoms with van der Waals surface area (Å²) in [6, 6.07) is 0. The lowest BCUT2D eigenvalue weighted by molar-refractivity contribution is -0.0640. The van der Waals surface area contributed by atoms with Gasteiger partial charge >= 0.3 is 0 Å². The summed E-state index contributed by atoms with van der Waals surface area (Å²) in [7, 11) is 0. The third-order valence-electron chi connectivity index (χ3n) is 2.64. The van der Waals surface area contributed by atoms with Crippen LogP contribution in [0.15, 0.2) is 0 Å². The highest BCUT2D eigenvalue weighted by molar-refractivity contribution is 4.89. The number of hydrogen-bond donors (Lipinski definition) is 1. The van der Waals surface area contributed by atoms with Gasteiger partial charge in [0.25, 0.3) is 0 Å². The van der Waals surface area contributed by atoms with Crippen molar-refractivity contribution in [2.24, 2.45) is 5.92 Å². The third-order valence-corrected chi connectivity index (χ3v) is 2.64. The van der Waals surface area contributed by atoms with Crippen molar-refractivity contribution in [1.29, 1.82) is 0 Å². The summed E-state index contributed by atoms with van der Waals surface area (Å²) in [5.74, 6) is 1.05. The summed E-state index contributed by atoms with van der Waals surface area (Å²) in [5, 5.41) is 3.54. The van der Waals surface area contributed by atoms with Crippen LogP contribution >= 0.6 is 0 Å². The quantitative estimate of drug-likeness (QED) is 0.658. The van der Waals surface area contributed by atoms with Crippen LogP contribution in [0.3, 0.4) is 0 Å². The standard InChI is InChI=1S/C9H17NO/c1-9(6-11-7-9)10-5-4-8-2-3-8/h8,10H,2-7H2,1H3. The Labute approximate surface area is 68.3 Å². The van der Waals surface area contributed by atoms with Crippen molar-refractivity contribution < 1.29 is 4.74 Å². The first-order valence-corrected chi connectivity index (χ1v) is 4.61. The van der Waals surface area contributed by atoms with Gasteiger partial charge in [0.15, 0.2) is 0 Å². The van der Waals surface area contributed by atoms with Crippen molar-refractivity contribution in [2.45, 2.75) is 31.7 Å². The number of nitrogens with one attached hydrogen (secondary N) is 1. The van der Waals surface area contributed by atoms with Crippen molar-refractivity contribution in [3.05, 3.63) is 0 Å². The predicted molar refractivity (Wildman–Crippen MR) is 44.6 cm³/mol. The third kappa shape index (κ3) is 1.94. The molecule has 1 heterocycles. The zero-order valence-electron chi connectivity index (χ0n) is 7.23. The molecule has 1 saturated heterocycles. The van der Waals surface area contributed by atoms with E-state index < -0.39 is 0 Å². The molecule has 1 N–H and O–H groups in total. The molecule has 64 valence electrons. The highest BCUT2D eigenvalue weighted by Gasteiger charge is 2.32. The molecule has 1 aliphatic carbocycles. The largest absolute Gasteiger partial charge is 0.377 e. The monoisotopic (exact) mass is 155 g/mol. The van der Waals surface area contributed by atoms with E-state index in [0.717, 1.165) is 19.1 Å². The number of hydrogen-bond acceptors (Lipinski definition) is 2. The zero-order valence-corrected chi connectivity index (χ0v) is 7.23. The Bertz CT molecular complexity index is 138. The number of ether oxygens (including phenoxy) is 1. The van der Waals surface area contributed by atoms with Crippen LogP contribution in [-0.2, 0) is 4.74 Å². The minimum absolute atomic E-state index is 0.314. The molecular weight excluding hydrogens is 138 g/mol. The van der Waals surface area contributed by atoms with Gasteiger partial charge in [-0.1, -0.05) is 12.8 Å². The van der Waals surface area contributed by atoms with E-state index in [1.54, 1.807) is 0 Å². The lowest BCUT2D eigenvalue weighted by Crippen LogP contribution is -2.58. The Balaban J connectivity index is 1.57. The molecule has 1 saturated carbocycles. The fraction of sp³-hybridized carbons (Fsp3) is 1.00. The van der Waals surface area contributed by atoms with Gasteiger partial charge in [-0.05, 0) is 25.8 Å². The summed E-state index contributed by atoms with van der Waals surface area (Å²) in [6.07, 6.45) is 4.30. The molecule has 0 amide bonds. The highest BCUT2D eigenvalue weighted by Crippen LogP contribution is 2.32. The molecule has 0 atom stereocenters. The zero-order chi connectivity index (χ0) is 7.73. The van der Waals surface area contributed by atoms with E-state index in [0.29, 0.717) is 5.54 Å². The fourth-order valence-electron chi connectivity index (χ4n) is 1.49. The second-order valence-electron chi connectivity index (χ2n) is 4.21. The van der Waals surface area contributed by atoms with Gasteiger partial charge in [0.2, 0.25) is 0 Å². The van der Waals surface area contributed by atoms with Crippen molar-refractivity contribution in [3.63, 3.8) is 0 Å². The Morgan fingerprint density at radius 1 is 1.45 bits per heavy atom. The van der Waals surface area contributed by atoms with Crippen LogP contribution in [0.4, 0.5) is 0 Å². The van der Waals surface area contributed by atoms with Crippen LogP contribution in [-0.4, -0.2) is 25.3 Å². The van der Waals surface area contributed by atoms with Crippen molar-refractivity contribution in [3.8, 4) is 0 Å². The fourth-order valence-corrected chi connectivity index (χ4v) is 1.49. The molecule has 0 bridgehead atoms. The molecule has 0 aromatic heterocycles. The predicted octanol–water partition coefficient (Wildman–Crippen LogP) is 1.17. The van der Waals surface area contributed by atoms with E-state index >= 15 is 0 Å². The Morgan fingerprint density at radius 2 is 2.18 bits per heavy atom. The van der Waals surface area contributed by atoms with Gasteiger partial charge in [0, 0.05) is 0 Å². The molecular formula is C9H17NO. The summed E-state index contributed by atoms with van der Waals surface area (Å²) in [4.78, 5) is 0. The van der Waals surface area contributed by atoms with Gasteiger partial charge in [0.1, 0.15) is 0 Å². The minimum atomic E-state index is 0.314. The van der Waals surface area contributed by atoms with Crippen LogP contribution < -0.4 is 5.32 Å². The normalized spacial score (nSPS) is 28.1. The van der Waals surface area contributed by atoms with Gasteiger partial charge in [-0.15, -0.1) is 0 Å². The molecule has 11 heavy (non-hydrogen) atoms. The van der Waals surface area contributed by atoms with Crippen molar-refractivity contribution in [1.82, 2.24) is 5.32 Å². The molecule has 0 aromatic rings. The van der Waals surface area contributed by atoms with Gasteiger partial charge in [-0.25, -0.2) is 0 Å². The maximum absolute atomic E-state index is 5.15. The second-order valence-corrected chi connectivity index (χ2v) is 4.21. The summed E-state index contributed by atoms with van der Waals surface area (Å²) >= 11 is 0. The Hall–Kier alpha value is -0.0800. The Morgan fingerprint density at radius 3 is 2.64 bits per heavy atom. The first-order valence-electron chi connectivity index (χ1n) is 4.61. The van der Waals surface area contributed by atoms with Gasteiger partial charge in [0.05, 0.1) is 18.8 Å². The van der Waals surface area contributed by atoms with Crippen LogP contribution in [0, 0.1) is 5.92 Å². The van der Waals surface area contributed by atoms with Crippen molar-refractivity contribution >= 4 is 0 Å². The maximum Gasteiger partial charge on any atom is 0.0669 e. The molecule has 0 aromatic carbocycles. The maximum atomic E-state index is 5.15. The summed E-state index contributed by atoms with van der Waals surface area (Å²) in [5.41, 5.74) is 0.314. The van der Waals surface area contributed by atoms with Crippen LogP contribution in [0.2, 0.25) is 0 Å². The van der Waals surface area contributed by atoms with Gasteiger partial charge in [-0.3, -0.25) is 0 Å². The van der Waals surface area contributed by atoms with Crippen LogP contribution in [0.1, 0.15) is 26.2 Å². The number of rotatable bonds is 4. The average Bonchev–Trinajstić information content (AvgIpc) is 2.68. The molecule has 2 nitrogen and oxygen atoms in total. The summed E-state index contributed by atoms with van der Waals surface area (Å²) in [6.45, 7) is 5.23. The SMILES string of the molecule is CC1(NCCC2CC2)COC1. The van der Waals surface area contributed by atoms with E-state index in [4.69, 9.17) is 4.74 Å².